The normalized spacial score (nSPS) is 18.3. The number of carbonyl (C=O) groups is 3. The minimum absolute atomic E-state index is 0.173. The van der Waals surface area contributed by atoms with Crippen LogP contribution < -0.4 is 10.3 Å². The van der Waals surface area contributed by atoms with Gasteiger partial charge in [0.1, 0.15) is 0 Å². The molecule has 2 heterocycles. The lowest BCUT2D eigenvalue weighted by Gasteiger charge is -2.16. The molecule has 3 amide bonds. The van der Waals surface area contributed by atoms with Crippen LogP contribution in [0.4, 0.5) is 5.69 Å². The summed E-state index contributed by atoms with van der Waals surface area (Å²) in [7, 11) is 0. The number of hydrogen-bond acceptors (Lipinski definition) is 5. The summed E-state index contributed by atoms with van der Waals surface area (Å²) < 4.78 is 1.01. The number of thioether (sulfide) groups is 1. The Labute approximate surface area is 191 Å². The second-order valence-corrected chi connectivity index (χ2v) is 9.19. The van der Waals surface area contributed by atoms with Crippen molar-refractivity contribution >= 4 is 73.2 Å². The molecule has 0 spiro atoms. The zero-order chi connectivity index (χ0) is 21.4. The molecule has 152 valence electrons. The van der Waals surface area contributed by atoms with Crippen molar-refractivity contribution < 1.29 is 14.4 Å². The summed E-state index contributed by atoms with van der Waals surface area (Å²) in [6, 6.07) is 14.1. The van der Waals surface area contributed by atoms with Gasteiger partial charge < -0.3 is 4.90 Å². The standard InChI is InChI=1S/C21H16BrN3O3S2/c1-2-11-24-15-6-4-3-5-14(15)16(19(24)27)17-20(28)25(21(29)30-17)23-18(26)12-7-9-13(22)10-8-12/h3-10H,2,11H2,1H3,(H,23,26)/b17-16-. The smallest absolute Gasteiger partial charge is 0.286 e. The predicted octanol–water partition coefficient (Wildman–Crippen LogP) is 4.12. The average Bonchev–Trinajstić information content (AvgIpc) is 3.16. The number of hydrogen-bond donors (Lipinski definition) is 1. The van der Waals surface area contributed by atoms with Gasteiger partial charge in [0.25, 0.3) is 17.7 Å². The monoisotopic (exact) mass is 501 g/mol. The number of benzene rings is 2. The van der Waals surface area contributed by atoms with E-state index < -0.39 is 11.8 Å². The molecule has 6 nitrogen and oxygen atoms in total. The largest absolute Gasteiger partial charge is 0.308 e. The first-order chi connectivity index (χ1) is 14.4. The Morgan fingerprint density at radius 1 is 1.10 bits per heavy atom. The Bertz CT molecular complexity index is 1110. The van der Waals surface area contributed by atoms with Crippen LogP contribution in [0.5, 0.6) is 0 Å². The van der Waals surface area contributed by atoms with Crippen molar-refractivity contribution in [1.82, 2.24) is 10.4 Å². The lowest BCUT2D eigenvalue weighted by Crippen LogP contribution is -2.45. The number of halogens is 1. The Morgan fingerprint density at radius 3 is 2.50 bits per heavy atom. The number of nitrogens with one attached hydrogen (secondary N) is 1. The lowest BCUT2D eigenvalue weighted by molar-refractivity contribution is -0.124. The van der Waals surface area contributed by atoms with Crippen molar-refractivity contribution in [3.63, 3.8) is 0 Å². The fourth-order valence-electron chi connectivity index (χ4n) is 3.33. The number of nitrogens with zero attached hydrogens (tertiary/aromatic N) is 2. The first kappa shape index (κ1) is 20.8. The molecule has 0 bridgehead atoms. The molecule has 0 atom stereocenters. The SMILES string of the molecule is CCCN1C(=O)/C(=C2\SC(=S)N(NC(=O)c3ccc(Br)cc3)C2=O)c2ccccc21. The van der Waals surface area contributed by atoms with Gasteiger partial charge in [0, 0.05) is 22.1 Å². The van der Waals surface area contributed by atoms with Gasteiger partial charge in [-0.15, -0.1) is 0 Å². The van der Waals surface area contributed by atoms with Gasteiger partial charge in [0.15, 0.2) is 4.32 Å². The van der Waals surface area contributed by atoms with E-state index in [0.29, 0.717) is 23.2 Å². The topological polar surface area (TPSA) is 69.7 Å². The number of anilines is 1. The van der Waals surface area contributed by atoms with E-state index in [1.165, 1.54) is 0 Å². The molecule has 0 radical (unpaired) electrons. The van der Waals surface area contributed by atoms with Crippen LogP contribution in [0.3, 0.4) is 0 Å². The number of hydrazine groups is 1. The first-order valence-corrected chi connectivity index (χ1v) is 11.2. The highest BCUT2D eigenvalue weighted by Gasteiger charge is 2.42. The van der Waals surface area contributed by atoms with E-state index in [-0.39, 0.29) is 15.1 Å². The molecule has 0 unspecified atom stereocenters. The van der Waals surface area contributed by atoms with Gasteiger partial charge in [-0.2, -0.15) is 5.01 Å². The molecule has 0 aromatic heterocycles. The van der Waals surface area contributed by atoms with Crippen LogP contribution in [-0.4, -0.2) is 33.6 Å². The fraction of sp³-hybridized carbons (Fsp3) is 0.143. The average molecular weight is 502 g/mol. The number of carbonyl (C=O) groups excluding carboxylic acids is 3. The molecule has 30 heavy (non-hydrogen) atoms. The quantitative estimate of drug-likeness (QED) is 0.503. The molecule has 2 aromatic carbocycles. The van der Waals surface area contributed by atoms with E-state index in [0.717, 1.165) is 33.4 Å². The third kappa shape index (κ3) is 3.57. The van der Waals surface area contributed by atoms with Crippen LogP contribution >= 0.6 is 39.9 Å². The summed E-state index contributed by atoms with van der Waals surface area (Å²) in [4.78, 5) is 40.7. The maximum atomic E-state index is 13.1. The summed E-state index contributed by atoms with van der Waals surface area (Å²) >= 11 is 9.67. The van der Waals surface area contributed by atoms with Crippen molar-refractivity contribution in [3.8, 4) is 0 Å². The summed E-state index contributed by atoms with van der Waals surface area (Å²) in [5.41, 5.74) is 4.75. The van der Waals surface area contributed by atoms with Crippen molar-refractivity contribution in [2.75, 3.05) is 11.4 Å². The second-order valence-electron chi connectivity index (χ2n) is 6.63. The second kappa shape index (κ2) is 8.33. The molecule has 4 rings (SSSR count). The summed E-state index contributed by atoms with van der Waals surface area (Å²) in [5, 5.41) is 1.03. The predicted molar refractivity (Wildman–Crippen MR) is 125 cm³/mol. The van der Waals surface area contributed by atoms with E-state index in [9.17, 15) is 14.4 Å². The third-order valence-electron chi connectivity index (χ3n) is 4.69. The number of thiocarbonyl (C=S) groups is 1. The van der Waals surface area contributed by atoms with Crippen LogP contribution in [-0.2, 0) is 9.59 Å². The Kier molecular flexibility index (Phi) is 5.77. The van der Waals surface area contributed by atoms with E-state index in [2.05, 4.69) is 21.4 Å². The van der Waals surface area contributed by atoms with Gasteiger partial charge >= 0.3 is 0 Å². The Hall–Kier alpha value is -2.49. The van der Waals surface area contributed by atoms with E-state index >= 15 is 0 Å². The van der Waals surface area contributed by atoms with E-state index in [1.807, 2.05) is 31.2 Å². The molecular weight excluding hydrogens is 486 g/mol. The first-order valence-electron chi connectivity index (χ1n) is 9.20. The fourth-order valence-corrected chi connectivity index (χ4v) is 4.84. The van der Waals surface area contributed by atoms with Crippen LogP contribution in [0.2, 0.25) is 0 Å². The van der Waals surface area contributed by atoms with Gasteiger partial charge in [-0.05, 0) is 49.0 Å². The van der Waals surface area contributed by atoms with Gasteiger partial charge in [0.05, 0.1) is 16.2 Å². The highest BCUT2D eigenvalue weighted by atomic mass is 79.9. The molecule has 2 aliphatic heterocycles. The molecule has 1 N–H and O–H groups in total. The minimum Gasteiger partial charge on any atom is -0.308 e. The molecule has 0 saturated carbocycles. The highest BCUT2D eigenvalue weighted by molar-refractivity contribution is 9.10. The van der Waals surface area contributed by atoms with Crippen molar-refractivity contribution in [2.45, 2.75) is 13.3 Å². The Morgan fingerprint density at radius 2 is 1.80 bits per heavy atom. The molecule has 2 aliphatic rings. The lowest BCUT2D eigenvalue weighted by atomic mass is 10.1. The van der Waals surface area contributed by atoms with Crippen LogP contribution in [0.1, 0.15) is 29.3 Å². The summed E-state index contributed by atoms with van der Waals surface area (Å²) in [5.74, 6) is -1.19. The zero-order valence-corrected chi connectivity index (χ0v) is 19.1. The molecule has 0 aliphatic carbocycles. The molecule has 9 heteroatoms. The molecular formula is C21H16BrN3O3S2. The molecule has 1 saturated heterocycles. The zero-order valence-electron chi connectivity index (χ0n) is 15.8. The van der Waals surface area contributed by atoms with Gasteiger partial charge in [0.2, 0.25) is 0 Å². The number of fused-ring (bicyclic) bond motifs is 1. The molecule has 1 fully saturated rings. The maximum absolute atomic E-state index is 13.1. The van der Waals surface area contributed by atoms with Gasteiger partial charge in [-0.25, -0.2) is 0 Å². The van der Waals surface area contributed by atoms with Gasteiger partial charge in [-0.3, -0.25) is 19.8 Å². The number of amides is 3. The maximum Gasteiger partial charge on any atom is 0.286 e. The third-order valence-corrected chi connectivity index (χ3v) is 6.59. The van der Waals surface area contributed by atoms with Crippen LogP contribution in [0.15, 0.2) is 57.9 Å². The van der Waals surface area contributed by atoms with Crippen molar-refractivity contribution in [2.24, 2.45) is 0 Å². The minimum atomic E-state index is -0.507. The van der Waals surface area contributed by atoms with Crippen molar-refractivity contribution in [3.05, 3.63) is 69.0 Å². The Balaban J connectivity index is 1.67. The van der Waals surface area contributed by atoms with E-state index in [1.54, 1.807) is 29.2 Å². The van der Waals surface area contributed by atoms with Crippen LogP contribution in [0.25, 0.3) is 5.57 Å². The summed E-state index contributed by atoms with van der Waals surface area (Å²) in [6.45, 7) is 2.55. The van der Waals surface area contributed by atoms with Crippen molar-refractivity contribution in [1.29, 1.82) is 0 Å². The van der Waals surface area contributed by atoms with Crippen LogP contribution in [0, 0.1) is 0 Å². The molecule has 2 aromatic rings. The highest BCUT2D eigenvalue weighted by Crippen LogP contribution is 2.44. The van der Waals surface area contributed by atoms with E-state index in [4.69, 9.17) is 12.2 Å². The summed E-state index contributed by atoms with van der Waals surface area (Å²) in [6.07, 6.45) is 0.789. The number of rotatable bonds is 4. The number of para-hydroxylation sites is 1. The van der Waals surface area contributed by atoms with Gasteiger partial charge in [-0.1, -0.05) is 52.8 Å².